The van der Waals surface area contributed by atoms with Gasteiger partial charge < -0.3 is 19.5 Å². The molecule has 0 atom stereocenters. The van der Waals surface area contributed by atoms with Crippen LogP contribution in [0.2, 0.25) is 0 Å². The lowest BCUT2D eigenvalue weighted by atomic mass is 10.5. The van der Waals surface area contributed by atoms with Crippen LogP contribution in [0, 0.1) is 6.92 Å². The van der Waals surface area contributed by atoms with Gasteiger partial charge in [-0.2, -0.15) is 0 Å². The number of nitrogens with zero attached hydrogens (tertiary/aromatic N) is 3. The van der Waals surface area contributed by atoms with Gasteiger partial charge in [0.15, 0.2) is 0 Å². The van der Waals surface area contributed by atoms with Crippen LogP contribution in [0.4, 0.5) is 5.95 Å². The maximum atomic E-state index is 5.06. The Hall–Kier alpha value is -1.07. The average molecular weight is 240 g/mol. The third-order valence-corrected chi connectivity index (χ3v) is 2.63. The van der Waals surface area contributed by atoms with Crippen molar-refractivity contribution in [3.8, 4) is 0 Å². The summed E-state index contributed by atoms with van der Waals surface area (Å²) < 4.78 is 7.23. The molecule has 0 amide bonds. The molecule has 1 aromatic heterocycles. The molecule has 0 saturated carbocycles. The minimum Gasteiger partial charge on any atom is -0.383 e. The zero-order valence-corrected chi connectivity index (χ0v) is 11.4. The van der Waals surface area contributed by atoms with Gasteiger partial charge in [0.2, 0.25) is 5.95 Å². The van der Waals surface area contributed by atoms with Gasteiger partial charge in [0.25, 0.3) is 0 Å². The highest BCUT2D eigenvalue weighted by atomic mass is 16.5. The first-order valence-corrected chi connectivity index (χ1v) is 6.12. The molecule has 0 fully saturated rings. The molecule has 98 valence electrons. The van der Waals surface area contributed by atoms with Gasteiger partial charge in [-0.1, -0.05) is 0 Å². The molecule has 0 aliphatic rings. The molecule has 17 heavy (non-hydrogen) atoms. The van der Waals surface area contributed by atoms with Gasteiger partial charge in [-0.15, -0.1) is 0 Å². The summed E-state index contributed by atoms with van der Waals surface area (Å²) in [5.74, 6) is 0.963. The Labute approximate surface area is 104 Å². The topological polar surface area (TPSA) is 42.3 Å². The van der Waals surface area contributed by atoms with Gasteiger partial charge in [-0.3, -0.25) is 0 Å². The Kier molecular flexibility index (Phi) is 6.00. The summed E-state index contributed by atoms with van der Waals surface area (Å²) in [5, 5.41) is 3.27. The zero-order chi connectivity index (χ0) is 12.7. The number of nitrogens with one attached hydrogen (secondary N) is 1. The van der Waals surface area contributed by atoms with Crippen molar-refractivity contribution >= 4 is 5.95 Å². The molecule has 0 aromatic carbocycles. The smallest absolute Gasteiger partial charge is 0.203 e. The van der Waals surface area contributed by atoms with Crippen molar-refractivity contribution < 1.29 is 4.74 Å². The number of rotatable bonds is 8. The number of aromatic nitrogens is 2. The molecule has 1 rings (SSSR count). The number of likely N-dealkylation sites (N-methyl/N-ethyl adjacent to an activating group) is 1. The van der Waals surface area contributed by atoms with Crippen LogP contribution in [-0.4, -0.2) is 54.8 Å². The second-order valence-electron chi connectivity index (χ2n) is 4.23. The number of hydrogen-bond donors (Lipinski definition) is 1. The van der Waals surface area contributed by atoms with Crippen molar-refractivity contribution in [2.75, 3.05) is 45.7 Å². The van der Waals surface area contributed by atoms with Gasteiger partial charge in [-0.25, -0.2) is 4.98 Å². The first kappa shape index (κ1) is 14.0. The maximum absolute atomic E-state index is 5.06. The highest BCUT2D eigenvalue weighted by Crippen LogP contribution is 2.07. The monoisotopic (exact) mass is 240 g/mol. The van der Waals surface area contributed by atoms with E-state index in [0.717, 1.165) is 44.4 Å². The molecule has 1 aromatic rings. The van der Waals surface area contributed by atoms with E-state index in [4.69, 9.17) is 4.74 Å². The molecule has 0 saturated heterocycles. The second-order valence-corrected chi connectivity index (χ2v) is 4.23. The van der Waals surface area contributed by atoms with Crippen molar-refractivity contribution in [3.63, 3.8) is 0 Å². The highest BCUT2D eigenvalue weighted by molar-refractivity contribution is 5.28. The first-order chi connectivity index (χ1) is 8.17. The summed E-state index contributed by atoms with van der Waals surface area (Å²) in [4.78, 5) is 6.71. The first-order valence-electron chi connectivity index (χ1n) is 6.12. The quantitative estimate of drug-likeness (QED) is 0.741. The minimum atomic E-state index is 0.777. The van der Waals surface area contributed by atoms with Crippen molar-refractivity contribution in [3.05, 3.63) is 11.9 Å². The molecule has 0 unspecified atom stereocenters. The van der Waals surface area contributed by atoms with Crippen LogP contribution in [0.15, 0.2) is 6.20 Å². The molecule has 0 aliphatic heterocycles. The van der Waals surface area contributed by atoms with Crippen molar-refractivity contribution in [2.24, 2.45) is 0 Å². The van der Waals surface area contributed by atoms with Gasteiger partial charge in [0.05, 0.1) is 12.3 Å². The number of imidazole rings is 1. The number of hydrogen-bond acceptors (Lipinski definition) is 4. The van der Waals surface area contributed by atoms with E-state index in [1.165, 1.54) is 0 Å². The Morgan fingerprint density at radius 3 is 2.88 bits per heavy atom. The number of ether oxygens (including phenoxy) is 1. The molecule has 1 N–H and O–H groups in total. The fraction of sp³-hybridized carbons (Fsp3) is 0.750. The minimum absolute atomic E-state index is 0.777. The molecule has 1 heterocycles. The Bertz CT molecular complexity index is 324. The molecule has 0 bridgehead atoms. The van der Waals surface area contributed by atoms with Crippen LogP contribution >= 0.6 is 0 Å². The molecule has 0 aliphatic carbocycles. The zero-order valence-electron chi connectivity index (χ0n) is 11.4. The van der Waals surface area contributed by atoms with Gasteiger partial charge in [0.1, 0.15) is 0 Å². The maximum Gasteiger partial charge on any atom is 0.203 e. The summed E-state index contributed by atoms with van der Waals surface area (Å²) in [6.07, 6.45) is 2.09. The molecule has 0 radical (unpaired) electrons. The summed E-state index contributed by atoms with van der Waals surface area (Å²) in [7, 11) is 3.84. The van der Waals surface area contributed by atoms with Crippen LogP contribution in [0.25, 0.3) is 0 Å². The fourth-order valence-corrected chi connectivity index (χ4v) is 1.65. The predicted octanol–water partition coefficient (Wildman–Crippen LogP) is 1.20. The Morgan fingerprint density at radius 2 is 2.24 bits per heavy atom. The molecule has 5 heteroatoms. The third-order valence-electron chi connectivity index (χ3n) is 2.63. The fourth-order valence-electron chi connectivity index (χ4n) is 1.65. The molecule has 0 spiro atoms. The lowest BCUT2D eigenvalue weighted by Crippen LogP contribution is -2.27. The largest absolute Gasteiger partial charge is 0.383 e. The summed E-state index contributed by atoms with van der Waals surface area (Å²) in [6, 6.07) is 0. The van der Waals surface area contributed by atoms with E-state index in [1.807, 2.05) is 6.92 Å². The van der Waals surface area contributed by atoms with Crippen molar-refractivity contribution in [2.45, 2.75) is 20.4 Å². The van der Waals surface area contributed by atoms with E-state index in [0.29, 0.717) is 0 Å². The summed E-state index contributed by atoms with van der Waals surface area (Å²) >= 11 is 0. The van der Waals surface area contributed by atoms with Gasteiger partial charge in [0, 0.05) is 39.5 Å². The van der Waals surface area contributed by atoms with Crippen LogP contribution in [0.3, 0.4) is 0 Å². The lowest BCUT2D eigenvalue weighted by Gasteiger charge is -2.17. The van der Waals surface area contributed by atoms with Crippen LogP contribution in [0.1, 0.15) is 12.6 Å². The average Bonchev–Trinajstić information content (AvgIpc) is 2.65. The number of methoxy groups -OCH3 is 1. The Morgan fingerprint density at radius 1 is 1.47 bits per heavy atom. The summed E-state index contributed by atoms with van der Waals surface area (Å²) in [5.41, 5.74) is 1.06. The van der Waals surface area contributed by atoms with E-state index in [9.17, 15) is 0 Å². The van der Waals surface area contributed by atoms with Gasteiger partial charge >= 0.3 is 0 Å². The van der Waals surface area contributed by atoms with Crippen LogP contribution in [-0.2, 0) is 11.3 Å². The normalized spacial score (nSPS) is 11.1. The number of anilines is 1. The van der Waals surface area contributed by atoms with E-state index >= 15 is 0 Å². The highest BCUT2D eigenvalue weighted by Gasteiger charge is 2.05. The predicted molar refractivity (Wildman–Crippen MR) is 70.5 cm³/mol. The molecule has 5 nitrogen and oxygen atoms in total. The van der Waals surface area contributed by atoms with Crippen molar-refractivity contribution in [1.82, 2.24) is 14.5 Å². The molecular weight excluding hydrogens is 216 g/mol. The Balaban J connectivity index is 2.44. The van der Waals surface area contributed by atoms with E-state index < -0.39 is 0 Å². The van der Waals surface area contributed by atoms with E-state index in [-0.39, 0.29) is 0 Å². The third kappa shape index (κ3) is 4.75. The van der Waals surface area contributed by atoms with Crippen LogP contribution < -0.4 is 5.32 Å². The standard InChI is InChI=1S/C12H24N4O/c1-5-13-12-14-11(2)10-16(12)7-6-15(3)8-9-17-4/h10H,5-9H2,1-4H3,(H,13,14). The van der Waals surface area contributed by atoms with E-state index in [2.05, 4.69) is 39.9 Å². The second kappa shape index (κ2) is 7.29. The number of aryl methyl sites for hydroxylation is 1. The summed E-state index contributed by atoms with van der Waals surface area (Å²) in [6.45, 7) is 8.68. The van der Waals surface area contributed by atoms with Crippen LogP contribution in [0.5, 0.6) is 0 Å². The van der Waals surface area contributed by atoms with Crippen molar-refractivity contribution in [1.29, 1.82) is 0 Å². The van der Waals surface area contributed by atoms with Gasteiger partial charge in [-0.05, 0) is 20.9 Å². The van der Waals surface area contributed by atoms with E-state index in [1.54, 1.807) is 7.11 Å². The lowest BCUT2D eigenvalue weighted by molar-refractivity contribution is 0.159. The SMILES string of the molecule is CCNc1nc(C)cn1CCN(C)CCOC. The molecular formula is C12H24N4O.